The topological polar surface area (TPSA) is 90.0 Å². The van der Waals surface area contributed by atoms with E-state index in [2.05, 4.69) is 10.1 Å². The third kappa shape index (κ3) is 2.60. The molecule has 0 aliphatic rings. The van der Waals surface area contributed by atoms with E-state index in [0.717, 1.165) is 0 Å². The minimum atomic E-state index is -0.0386. The van der Waals surface area contributed by atoms with Crippen LogP contribution in [0.5, 0.6) is 5.75 Å². The molecule has 0 bridgehead atoms. The highest BCUT2D eigenvalue weighted by atomic mass is 16.7. The number of methoxy groups -OCH3 is 1. The summed E-state index contributed by atoms with van der Waals surface area (Å²) in [7, 11) is 1.53. The zero-order chi connectivity index (χ0) is 10.4. The number of ether oxygens (including phenoxy) is 2. The molecule has 14 heavy (non-hydrogen) atoms. The van der Waals surface area contributed by atoms with Gasteiger partial charge in [0.2, 0.25) is 0 Å². The standard InChI is InChI=1S/C8H11N3O3/c1-13-5-14-6-2-3-7(10-4-6)8(9)11-12/h2-4,12H,5H2,1H3,(H2,9,11). The Hall–Kier alpha value is -1.82. The first-order valence-corrected chi connectivity index (χ1v) is 3.83. The second kappa shape index (κ2) is 5.03. The van der Waals surface area contributed by atoms with Crippen LogP contribution in [0.3, 0.4) is 0 Å². The van der Waals surface area contributed by atoms with Gasteiger partial charge >= 0.3 is 0 Å². The first kappa shape index (κ1) is 10.3. The SMILES string of the molecule is COCOc1ccc(/C(N)=N/O)nc1. The van der Waals surface area contributed by atoms with E-state index in [9.17, 15) is 0 Å². The summed E-state index contributed by atoms with van der Waals surface area (Å²) in [4.78, 5) is 3.91. The van der Waals surface area contributed by atoms with E-state index in [1.807, 2.05) is 0 Å². The van der Waals surface area contributed by atoms with E-state index in [1.54, 1.807) is 12.1 Å². The fourth-order valence-corrected chi connectivity index (χ4v) is 0.795. The number of rotatable bonds is 4. The lowest BCUT2D eigenvalue weighted by Gasteiger charge is -2.04. The van der Waals surface area contributed by atoms with Crippen molar-refractivity contribution < 1.29 is 14.7 Å². The minimum absolute atomic E-state index is 0.0386. The average molecular weight is 197 g/mol. The number of pyridine rings is 1. The molecule has 0 unspecified atom stereocenters. The van der Waals surface area contributed by atoms with Crippen LogP contribution in [0.25, 0.3) is 0 Å². The number of oxime groups is 1. The Morgan fingerprint density at radius 1 is 1.64 bits per heavy atom. The molecule has 0 spiro atoms. The summed E-state index contributed by atoms with van der Waals surface area (Å²) < 4.78 is 9.80. The number of amidine groups is 1. The summed E-state index contributed by atoms with van der Waals surface area (Å²) in [6.07, 6.45) is 1.46. The Morgan fingerprint density at radius 3 is 2.93 bits per heavy atom. The summed E-state index contributed by atoms with van der Waals surface area (Å²) in [5, 5.41) is 11.2. The molecule has 3 N–H and O–H groups in total. The number of hydrogen-bond donors (Lipinski definition) is 2. The van der Waals surface area contributed by atoms with Gasteiger partial charge in [-0.2, -0.15) is 0 Å². The largest absolute Gasteiger partial charge is 0.466 e. The molecule has 0 aromatic carbocycles. The lowest BCUT2D eigenvalue weighted by atomic mass is 10.3. The third-order valence-electron chi connectivity index (χ3n) is 1.45. The minimum Gasteiger partial charge on any atom is -0.466 e. The quantitative estimate of drug-likeness (QED) is 0.236. The molecular weight excluding hydrogens is 186 g/mol. The van der Waals surface area contributed by atoms with Gasteiger partial charge in [-0.3, -0.25) is 0 Å². The molecule has 1 rings (SSSR count). The number of nitrogens with two attached hydrogens (primary N) is 1. The Bertz CT molecular complexity index is 310. The van der Waals surface area contributed by atoms with Crippen LogP contribution in [0.2, 0.25) is 0 Å². The van der Waals surface area contributed by atoms with Crippen LogP contribution in [0.15, 0.2) is 23.5 Å². The fraction of sp³-hybridized carbons (Fsp3) is 0.250. The Labute approximate surface area is 81.0 Å². The third-order valence-corrected chi connectivity index (χ3v) is 1.45. The van der Waals surface area contributed by atoms with Gasteiger partial charge in [0.1, 0.15) is 11.4 Å². The van der Waals surface area contributed by atoms with Crippen molar-refractivity contribution in [3.8, 4) is 5.75 Å². The van der Waals surface area contributed by atoms with E-state index in [4.69, 9.17) is 20.4 Å². The molecule has 0 atom stereocenters. The average Bonchev–Trinajstić information content (AvgIpc) is 2.26. The summed E-state index contributed by atoms with van der Waals surface area (Å²) >= 11 is 0. The molecule has 0 amide bonds. The van der Waals surface area contributed by atoms with Gasteiger partial charge in [0.25, 0.3) is 0 Å². The molecule has 1 heterocycles. The van der Waals surface area contributed by atoms with Crippen molar-refractivity contribution >= 4 is 5.84 Å². The Morgan fingerprint density at radius 2 is 2.43 bits per heavy atom. The first-order valence-electron chi connectivity index (χ1n) is 3.83. The van der Waals surface area contributed by atoms with Gasteiger partial charge < -0.3 is 20.4 Å². The molecule has 6 heteroatoms. The van der Waals surface area contributed by atoms with Crippen LogP contribution in [-0.2, 0) is 4.74 Å². The predicted molar refractivity (Wildman–Crippen MR) is 49.3 cm³/mol. The van der Waals surface area contributed by atoms with Gasteiger partial charge in [-0.15, -0.1) is 0 Å². The van der Waals surface area contributed by atoms with Crippen LogP contribution in [0, 0.1) is 0 Å². The molecule has 0 aliphatic heterocycles. The zero-order valence-corrected chi connectivity index (χ0v) is 7.67. The molecule has 6 nitrogen and oxygen atoms in total. The van der Waals surface area contributed by atoms with E-state index >= 15 is 0 Å². The molecule has 0 fully saturated rings. The fourth-order valence-electron chi connectivity index (χ4n) is 0.795. The van der Waals surface area contributed by atoms with Crippen molar-refractivity contribution in [1.29, 1.82) is 0 Å². The maximum absolute atomic E-state index is 8.37. The predicted octanol–water partition coefficient (Wildman–Crippen LogP) is 0.159. The highest BCUT2D eigenvalue weighted by Crippen LogP contribution is 2.08. The van der Waals surface area contributed by atoms with Crippen molar-refractivity contribution in [1.82, 2.24) is 4.98 Å². The molecule has 76 valence electrons. The van der Waals surface area contributed by atoms with Crippen molar-refractivity contribution in [3.63, 3.8) is 0 Å². The second-order valence-corrected chi connectivity index (χ2v) is 2.42. The molecule has 0 aliphatic carbocycles. The summed E-state index contributed by atoms with van der Waals surface area (Å²) in [5.41, 5.74) is 5.70. The zero-order valence-electron chi connectivity index (χ0n) is 7.67. The van der Waals surface area contributed by atoms with Gasteiger partial charge in [-0.1, -0.05) is 5.16 Å². The van der Waals surface area contributed by atoms with Crippen LogP contribution in [-0.4, -0.2) is 29.9 Å². The second-order valence-electron chi connectivity index (χ2n) is 2.42. The molecule has 0 saturated carbocycles. The van der Waals surface area contributed by atoms with E-state index in [-0.39, 0.29) is 12.6 Å². The van der Waals surface area contributed by atoms with Gasteiger partial charge in [-0.05, 0) is 12.1 Å². The van der Waals surface area contributed by atoms with Gasteiger partial charge in [-0.25, -0.2) is 4.98 Å². The smallest absolute Gasteiger partial charge is 0.188 e. The maximum atomic E-state index is 8.37. The van der Waals surface area contributed by atoms with Gasteiger partial charge in [0, 0.05) is 7.11 Å². The van der Waals surface area contributed by atoms with Crippen LogP contribution < -0.4 is 10.5 Å². The van der Waals surface area contributed by atoms with Crippen LogP contribution in [0.1, 0.15) is 5.69 Å². The van der Waals surface area contributed by atoms with E-state index in [0.29, 0.717) is 11.4 Å². The Balaban J connectivity index is 2.68. The highest BCUT2D eigenvalue weighted by Gasteiger charge is 2.00. The molecular formula is C8H11N3O3. The van der Waals surface area contributed by atoms with Gasteiger partial charge in [0.05, 0.1) is 6.20 Å². The van der Waals surface area contributed by atoms with Crippen molar-refractivity contribution in [2.75, 3.05) is 13.9 Å². The number of aromatic nitrogens is 1. The lowest BCUT2D eigenvalue weighted by molar-refractivity contribution is 0.0508. The summed E-state index contributed by atoms with van der Waals surface area (Å²) in [6.45, 7) is 0.157. The maximum Gasteiger partial charge on any atom is 0.188 e. The van der Waals surface area contributed by atoms with Crippen LogP contribution in [0.4, 0.5) is 0 Å². The number of hydrogen-bond acceptors (Lipinski definition) is 5. The summed E-state index contributed by atoms with van der Waals surface area (Å²) in [6, 6.07) is 3.24. The monoisotopic (exact) mass is 197 g/mol. The van der Waals surface area contributed by atoms with Crippen LogP contribution >= 0.6 is 0 Å². The molecule has 1 aromatic heterocycles. The molecule has 0 radical (unpaired) electrons. The van der Waals surface area contributed by atoms with Crippen molar-refractivity contribution in [2.24, 2.45) is 10.9 Å². The van der Waals surface area contributed by atoms with E-state index < -0.39 is 0 Å². The number of nitrogens with zero attached hydrogens (tertiary/aromatic N) is 2. The molecule has 0 saturated heterocycles. The molecule has 1 aromatic rings. The summed E-state index contributed by atoms with van der Waals surface area (Å²) in [5.74, 6) is 0.518. The van der Waals surface area contributed by atoms with Crippen molar-refractivity contribution in [2.45, 2.75) is 0 Å². The lowest BCUT2D eigenvalue weighted by Crippen LogP contribution is -2.14. The van der Waals surface area contributed by atoms with E-state index in [1.165, 1.54) is 13.3 Å². The Kier molecular flexibility index (Phi) is 3.69. The first-order chi connectivity index (χ1) is 6.77. The van der Waals surface area contributed by atoms with Crippen molar-refractivity contribution in [3.05, 3.63) is 24.0 Å². The van der Waals surface area contributed by atoms with Gasteiger partial charge in [0.15, 0.2) is 12.6 Å². The normalized spacial score (nSPS) is 11.4. The highest BCUT2D eigenvalue weighted by molar-refractivity contribution is 5.95.